The molecule has 1 aliphatic rings. The highest BCUT2D eigenvalue weighted by Crippen LogP contribution is 2.27. The van der Waals surface area contributed by atoms with E-state index < -0.39 is 5.97 Å². The van der Waals surface area contributed by atoms with Crippen molar-refractivity contribution >= 4 is 18.1 Å². The Morgan fingerprint density at radius 3 is 2.59 bits per heavy atom. The Hall–Kier alpha value is -3.23. The fourth-order valence-corrected chi connectivity index (χ4v) is 3.00. The molecular formula is C21H24N4O4. The second-order valence-electron chi connectivity index (χ2n) is 6.78. The minimum absolute atomic E-state index is 0.0633. The monoisotopic (exact) mass is 396 g/mol. The number of hydrogen-bond donors (Lipinski definition) is 3. The van der Waals surface area contributed by atoms with Crippen LogP contribution in [0.4, 0.5) is 0 Å². The Bertz CT molecular complexity index is 911. The molecule has 1 saturated heterocycles. The van der Waals surface area contributed by atoms with Gasteiger partial charge >= 0.3 is 5.97 Å². The fourth-order valence-electron chi connectivity index (χ4n) is 3.00. The molecule has 2 aromatic rings. The number of nitrogens with one attached hydrogen (secondary N) is 3. The summed E-state index contributed by atoms with van der Waals surface area (Å²) in [6, 6.07) is 12.9. The normalized spacial score (nSPS) is 18.6. The maximum Gasteiger partial charge on any atom is 0.308 e. The number of carbonyl (C=O) groups is 2. The number of hydrazine groups is 1. The van der Waals surface area contributed by atoms with Crippen LogP contribution in [0.2, 0.25) is 0 Å². The molecule has 0 bridgehead atoms. The van der Waals surface area contributed by atoms with Gasteiger partial charge in [-0.1, -0.05) is 29.8 Å². The molecule has 0 saturated carbocycles. The molecule has 0 aromatic heterocycles. The molecule has 1 heterocycles. The van der Waals surface area contributed by atoms with Crippen LogP contribution >= 0.6 is 0 Å². The van der Waals surface area contributed by atoms with Crippen molar-refractivity contribution in [1.29, 1.82) is 0 Å². The van der Waals surface area contributed by atoms with Gasteiger partial charge in [0.25, 0.3) is 5.91 Å². The van der Waals surface area contributed by atoms with Gasteiger partial charge in [-0.3, -0.25) is 9.59 Å². The van der Waals surface area contributed by atoms with Gasteiger partial charge in [0.1, 0.15) is 6.04 Å². The van der Waals surface area contributed by atoms with Gasteiger partial charge in [0.2, 0.25) is 0 Å². The van der Waals surface area contributed by atoms with Gasteiger partial charge in [0.05, 0.1) is 13.3 Å². The summed E-state index contributed by atoms with van der Waals surface area (Å²) in [4.78, 5) is 23.5. The van der Waals surface area contributed by atoms with Gasteiger partial charge < -0.3 is 9.47 Å². The van der Waals surface area contributed by atoms with E-state index in [2.05, 4.69) is 45.6 Å². The number of hydrazone groups is 1. The van der Waals surface area contributed by atoms with Crippen molar-refractivity contribution in [3.8, 4) is 11.5 Å². The number of ether oxygens (including phenoxy) is 2. The molecule has 2 unspecified atom stereocenters. The second kappa shape index (κ2) is 9.31. The van der Waals surface area contributed by atoms with Crippen LogP contribution in [0.5, 0.6) is 11.5 Å². The molecule has 3 N–H and O–H groups in total. The Balaban J connectivity index is 1.56. The van der Waals surface area contributed by atoms with E-state index in [1.165, 1.54) is 25.8 Å². The van der Waals surface area contributed by atoms with E-state index >= 15 is 0 Å². The number of amides is 1. The predicted molar refractivity (Wildman–Crippen MR) is 109 cm³/mol. The van der Waals surface area contributed by atoms with Crippen molar-refractivity contribution in [2.45, 2.75) is 32.4 Å². The summed E-state index contributed by atoms with van der Waals surface area (Å²) in [7, 11) is 1.48. The molecule has 152 valence electrons. The average Bonchev–Trinajstić information content (AvgIpc) is 3.19. The summed E-state index contributed by atoms with van der Waals surface area (Å²) < 4.78 is 10.3. The van der Waals surface area contributed by atoms with Gasteiger partial charge in [0.15, 0.2) is 11.5 Å². The largest absolute Gasteiger partial charge is 0.493 e. The van der Waals surface area contributed by atoms with Gasteiger partial charge in [-0.2, -0.15) is 5.10 Å². The lowest BCUT2D eigenvalue weighted by atomic mass is 10.0. The van der Waals surface area contributed by atoms with Gasteiger partial charge in [-0.25, -0.2) is 16.3 Å². The van der Waals surface area contributed by atoms with Crippen LogP contribution in [0.25, 0.3) is 0 Å². The van der Waals surface area contributed by atoms with Crippen LogP contribution in [-0.2, 0) is 9.59 Å². The zero-order chi connectivity index (χ0) is 20.8. The van der Waals surface area contributed by atoms with Gasteiger partial charge in [-0.15, -0.1) is 0 Å². The number of carbonyl (C=O) groups excluding carboxylic acids is 2. The maximum absolute atomic E-state index is 12.4. The Morgan fingerprint density at radius 2 is 1.90 bits per heavy atom. The highest BCUT2D eigenvalue weighted by Gasteiger charge is 2.29. The third-order valence-electron chi connectivity index (χ3n) is 4.53. The zero-order valence-electron chi connectivity index (χ0n) is 16.6. The van der Waals surface area contributed by atoms with Gasteiger partial charge in [0, 0.05) is 13.0 Å². The molecule has 1 fully saturated rings. The number of nitrogens with zero attached hydrogens (tertiary/aromatic N) is 1. The minimum Gasteiger partial charge on any atom is -0.493 e. The molecule has 0 aliphatic carbocycles. The molecule has 0 spiro atoms. The number of methoxy groups -OCH3 is 1. The summed E-state index contributed by atoms with van der Waals surface area (Å²) in [5, 5.41) is 4.01. The lowest BCUT2D eigenvalue weighted by Gasteiger charge is -2.09. The fraction of sp³-hybridized carbons (Fsp3) is 0.286. The number of hydrogen-bond acceptors (Lipinski definition) is 7. The first-order valence-electron chi connectivity index (χ1n) is 9.23. The first-order chi connectivity index (χ1) is 14.0. The van der Waals surface area contributed by atoms with Crippen LogP contribution in [0.1, 0.15) is 36.1 Å². The highest BCUT2D eigenvalue weighted by atomic mass is 16.6. The van der Waals surface area contributed by atoms with Crippen LogP contribution < -0.4 is 25.8 Å². The summed E-state index contributed by atoms with van der Waals surface area (Å²) >= 11 is 0. The first kappa shape index (κ1) is 20.5. The zero-order valence-corrected chi connectivity index (χ0v) is 16.6. The van der Waals surface area contributed by atoms with E-state index in [1.807, 2.05) is 6.92 Å². The first-order valence-corrected chi connectivity index (χ1v) is 9.23. The quantitative estimate of drug-likeness (QED) is 0.299. The smallest absolute Gasteiger partial charge is 0.308 e. The molecule has 1 amide bonds. The van der Waals surface area contributed by atoms with Crippen molar-refractivity contribution in [1.82, 2.24) is 16.3 Å². The molecule has 2 atom stereocenters. The van der Waals surface area contributed by atoms with Crippen molar-refractivity contribution in [3.63, 3.8) is 0 Å². The summed E-state index contributed by atoms with van der Waals surface area (Å²) in [5.41, 5.74) is 11.7. The Morgan fingerprint density at radius 1 is 1.14 bits per heavy atom. The van der Waals surface area contributed by atoms with E-state index in [0.717, 1.165) is 5.56 Å². The second-order valence-corrected chi connectivity index (χ2v) is 6.78. The molecule has 8 nitrogen and oxygen atoms in total. The van der Waals surface area contributed by atoms with Crippen LogP contribution in [0, 0.1) is 6.92 Å². The maximum atomic E-state index is 12.4. The predicted octanol–water partition coefficient (Wildman–Crippen LogP) is 1.99. The molecule has 0 radical (unpaired) electrons. The Kier molecular flexibility index (Phi) is 6.58. The SMILES string of the molecule is COc1cc(/C=N/NC(=O)C2CC(c3ccc(C)cc3)NN2)ccc1OC(C)=O. The van der Waals surface area contributed by atoms with Crippen molar-refractivity contribution in [2.75, 3.05) is 7.11 Å². The summed E-state index contributed by atoms with van der Waals surface area (Å²) in [5.74, 6) is 0.0630. The number of aryl methyl sites for hydroxylation is 1. The summed E-state index contributed by atoms with van der Waals surface area (Å²) in [6.45, 7) is 3.36. The molecule has 3 rings (SSSR count). The third kappa shape index (κ3) is 5.40. The molecule has 8 heteroatoms. The molecule has 1 aliphatic heterocycles. The number of rotatable bonds is 6. The molecular weight excluding hydrogens is 372 g/mol. The standard InChI is InChI=1S/C21H24N4O4/c1-13-4-7-16(8-5-13)17-11-18(24-23-17)21(27)25-22-12-15-6-9-19(29-14(2)26)20(10-15)28-3/h4-10,12,17-18,23-24H,11H2,1-3H3,(H,25,27)/b22-12+. The summed E-state index contributed by atoms with van der Waals surface area (Å²) in [6.07, 6.45) is 2.12. The van der Waals surface area contributed by atoms with E-state index in [-0.39, 0.29) is 18.0 Å². The average molecular weight is 396 g/mol. The van der Waals surface area contributed by atoms with Crippen LogP contribution in [0.3, 0.4) is 0 Å². The molecule has 29 heavy (non-hydrogen) atoms. The van der Waals surface area contributed by atoms with Gasteiger partial charge in [-0.05, 0) is 42.7 Å². The third-order valence-corrected chi connectivity index (χ3v) is 4.53. The Labute approximate surface area is 169 Å². The lowest BCUT2D eigenvalue weighted by molar-refractivity contribution is -0.132. The molecule has 2 aromatic carbocycles. The van der Waals surface area contributed by atoms with Crippen molar-refractivity contribution in [2.24, 2.45) is 5.10 Å². The lowest BCUT2D eigenvalue weighted by Crippen LogP contribution is -2.41. The van der Waals surface area contributed by atoms with Crippen LogP contribution in [0.15, 0.2) is 47.6 Å². The minimum atomic E-state index is -0.432. The number of benzene rings is 2. The van der Waals surface area contributed by atoms with E-state index in [9.17, 15) is 9.59 Å². The topological polar surface area (TPSA) is 101 Å². The van der Waals surface area contributed by atoms with E-state index in [0.29, 0.717) is 23.5 Å². The van der Waals surface area contributed by atoms with Crippen molar-refractivity contribution < 1.29 is 19.1 Å². The van der Waals surface area contributed by atoms with E-state index in [1.54, 1.807) is 18.2 Å². The van der Waals surface area contributed by atoms with E-state index in [4.69, 9.17) is 9.47 Å². The number of esters is 1. The highest BCUT2D eigenvalue weighted by molar-refractivity contribution is 5.85. The van der Waals surface area contributed by atoms with Crippen molar-refractivity contribution in [3.05, 3.63) is 59.2 Å². The van der Waals surface area contributed by atoms with Crippen LogP contribution in [-0.4, -0.2) is 31.2 Å².